The number of imide groups is 2. The molecule has 32 heavy (non-hydrogen) atoms. The van der Waals surface area contributed by atoms with Crippen molar-refractivity contribution in [3.63, 3.8) is 0 Å². The van der Waals surface area contributed by atoms with E-state index in [2.05, 4.69) is 5.32 Å². The quantitative estimate of drug-likeness (QED) is 0.482. The van der Waals surface area contributed by atoms with E-state index >= 15 is 0 Å². The zero-order valence-electron chi connectivity index (χ0n) is 17.2. The van der Waals surface area contributed by atoms with Crippen LogP contribution in [0, 0.1) is 12.7 Å². The maximum Gasteiger partial charge on any atom is 0.335 e. The third-order valence-electron chi connectivity index (χ3n) is 4.94. The number of rotatable bonds is 5. The number of anilines is 1. The molecule has 1 heterocycles. The molecule has 3 aromatic rings. The van der Waals surface area contributed by atoms with Crippen molar-refractivity contribution in [3.05, 3.63) is 101 Å². The lowest BCUT2D eigenvalue weighted by Gasteiger charge is -2.26. The number of hydrogen-bond donors (Lipinski definition) is 1. The Balaban J connectivity index is 1.52. The molecule has 4 amide bonds. The van der Waals surface area contributed by atoms with Crippen molar-refractivity contribution in [3.8, 4) is 5.75 Å². The second-order valence-corrected chi connectivity index (χ2v) is 7.24. The van der Waals surface area contributed by atoms with E-state index in [1.165, 1.54) is 12.1 Å². The zero-order valence-corrected chi connectivity index (χ0v) is 17.2. The summed E-state index contributed by atoms with van der Waals surface area (Å²) in [5, 5.41) is 2.20. The van der Waals surface area contributed by atoms with Gasteiger partial charge in [0.25, 0.3) is 11.8 Å². The summed E-state index contributed by atoms with van der Waals surface area (Å²) in [7, 11) is 0. The van der Waals surface area contributed by atoms with Crippen LogP contribution in [0.25, 0.3) is 6.08 Å². The number of halogens is 1. The maximum absolute atomic E-state index is 13.7. The summed E-state index contributed by atoms with van der Waals surface area (Å²) in [6.45, 7) is 1.96. The van der Waals surface area contributed by atoms with E-state index < -0.39 is 17.8 Å². The fraction of sp³-hybridized carbons (Fsp3) is 0.0800. The lowest BCUT2D eigenvalue weighted by molar-refractivity contribution is -0.122. The molecule has 0 aliphatic carbocycles. The van der Waals surface area contributed by atoms with Crippen LogP contribution in [0.15, 0.2) is 78.4 Å². The minimum atomic E-state index is -0.794. The van der Waals surface area contributed by atoms with Crippen LogP contribution in [0.5, 0.6) is 5.75 Å². The fourth-order valence-electron chi connectivity index (χ4n) is 3.19. The van der Waals surface area contributed by atoms with Gasteiger partial charge in [0.2, 0.25) is 0 Å². The zero-order chi connectivity index (χ0) is 22.7. The third-order valence-corrected chi connectivity index (χ3v) is 4.94. The Kier molecular flexibility index (Phi) is 5.81. The minimum absolute atomic E-state index is 0.0711. The van der Waals surface area contributed by atoms with Crippen LogP contribution in [0.3, 0.4) is 0 Å². The van der Waals surface area contributed by atoms with Crippen molar-refractivity contribution < 1.29 is 23.5 Å². The van der Waals surface area contributed by atoms with E-state index in [-0.39, 0.29) is 18.0 Å². The monoisotopic (exact) mass is 430 g/mol. The van der Waals surface area contributed by atoms with Crippen LogP contribution >= 0.6 is 0 Å². The maximum atomic E-state index is 13.7. The largest absolute Gasteiger partial charge is 0.489 e. The predicted octanol–water partition coefficient (Wildman–Crippen LogP) is 4.38. The molecule has 1 N–H and O–H groups in total. The Morgan fingerprint density at radius 2 is 1.62 bits per heavy atom. The van der Waals surface area contributed by atoms with Crippen LogP contribution in [0.2, 0.25) is 0 Å². The molecule has 0 spiro atoms. The molecule has 0 aromatic heterocycles. The first-order chi connectivity index (χ1) is 15.4. The molecule has 0 unspecified atom stereocenters. The first kappa shape index (κ1) is 21.0. The summed E-state index contributed by atoms with van der Waals surface area (Å²) >= 11 is 0. The van der Waals surface area contributed by atoms with E-state index in [1.54, 1.807) is 66.7 Å². The lowest BCUT2D eigenvalue weighted by atomic mass is 10.1. The Hall–Kier alpha value is -4.26. The van der Waals surface area contributed by atoms with Gasteiger partial charge >= 0.3 is 6.03 Å². The van der Waals surface area contributed by atoms with Crippen LogP contribution in [-0.4, -0.2) is 17.8 Å². The Morgan fingerprint density at radius 1 is 0.938 bits per heavy atom. The molecule has 0 saturated carbocycles. The first-order valence-corrected chi connectivity index (χ1v) is 9.87. The van der Waals surface area contributed by atoms with Gasteiger partial charge in [-0.15, -0.1) is 0 Å². The highest BCUT2D eigenvalue weighted by atomic mass is 19.1. The summed E-state index contributed by atoms with van der Waals surface area (Å²) in [5.74, 6) is -1.31. The van der Waals surface area contributed by atoms with Gasteiger partial charge in [0.15, 0.2) is 0 Å². The number of nitrogens with one attached hydrogen (secondary N) is 1. The Morgan fingerprint density at radius 3 is 2.31 bits per heavy atom. The van der Waals surface area contributed by atoms with Gasteiger partial charge in [-0.3, -0.25) is 14.9 Å². The molecule has 0 radical (unpaired) electrons. The number of benzene rings is 3. The summed E-state index contributed by atoms with van der Waals surface area (Å²) in [6.07, 6.45) is 1.41. The third kappa shape index (κ3) is 4.41. The average molecular weight is 430 g/mol. The highest BCUT2D eigenvalue weighted by Crippen LogP contribution is 2.23. The van der Waals surface area contributed by atoms with Crippen LogP contribution < -0.4 is 15.0 Å². The van der Waals surface area contributed by atoms with Crippen molar-refractivity contribution in [2.45, 2.75) is 13.5 Å². The second-order valence-electron chi connectivity index (χ2n) is 7.24. The summed E-state index contributed by atoms with van der Waals surface area (Å²) in [6, 6.07) is 19.0. The number of urea groups is 1. The van der Waals surface area contributed by atoms with Crippen LogP contribution in [0.1, 0.15) is 16.7 Å². The molecule has 6 nitrogen and oxygen atoms in total. The van der Waals surface area contributed by atoms with Gasteiger partial charge in [0.1, 0.15) is 23.7 Å². The molecule has 3 aromatic carbocycles. The standard InChI is InChI=1S/C25H19FN2O4/c1-16-6-10-19(11-7-16)28-24(30)21(23(29)27-25(28)31)14-17-8-12-20(13-9-17)32-15-18-4-2-3-5-22(18)26/h2-14H,15H2,1H3,(H,27,29,31)/b21-14+. The van der Waals surface area contributed by atoms with Crippen LogP contribution in [-0.2, 0) is 16.2 Å². The molecule has 0 atom stereocenters. The molecule has 1 aliphatic heterocycles. The molecule has 1 fully saturated rings. The number of barbiturate groups is 1. The molecular weight excluding hydrogens is 411 g/mol. The van der Waals surface area contributed by atoms with E-state index in [4.69, 9.17) is 4.74 Å². The minimum Gasteiger partial charge on any atom is -0.489 e. The molecule has 160 valence electrons. The smallest absolute Gasteiger partial charge is 0.335 e. The highest BCUT2D eigenvalue weighted by molar-refractivity contribution is 6.39. The number of ether oxygens (including phenoxy) is 1. The number of nitrogens with zero attached hydrogens (tertiary/aromatic N) is 1. The van der Waals surface area contributed by atoms with Crippen molar-refractivity contribution in [1.29, 1.82) is 0 Å². The van der Waals surface area contributed by atoms with E-state index in [9.17, 15) is 18.8 Å². The number of carbonyl (C=O) groups excluding carboxylic acids is 3. The van der Waals surface area contributed by atoms with Gasteiger partial charge in [-0.1, -0.05) is 48.0 Å². The molecule has 4 rings (SSSR count). The molecule has 1 saturated heterocycles. The van der Waals surface area contributed by atoms with Crippen LogP contribution in [0.4, 0.5) is 14.9 Å². The van der Waals surface area contributed by atoms with Crippen molar-refractivity contribution in [1.82, 2.24) is 5.32 Å². The number of amides is 4. The molecular formula is C25H19FN2O4. The van der Waals surface area contributed by atoms with Gasteiger partial charge in [-0.2, -0.15) is 0 Å². The first-order valence-electron chi connectivity index (χ1n) is 9.87. The fourth-order valence-corrected chi connectivity index (χ4v) is 3.19. The lowest BCUT2D eigenvalue weighted by Crippen LogP contribution is -2.54. The van der Waals surface area contributed by atoms with Gasteiger partial charge < -0.3 is 4.74 Å². The molecule has 7 heteroatoms. The predicted molar refractivity (Wildman–Crippen MR) is 117 cm³/mol. The van der Waals surface area contributed by atoms with E-state index in [0.717, 1.165) is 10.5 Å². The average Bonchev–Trinajstić information content (AvgIpc) is 2.78. The molecule has 1 aliphatic rings. The molecule has 0 bridgehead atoms. The highest BCUT2D eigenvalue weighted by Gasteiger charge is 2.36. The normalized spacial score (nSPS) is 15.1. The second kappa shape index (κ2) is 8.85. The van der Waals surface area contributed by atoms with Gasteiger partial charge in [0.05, 0.1) is 5.69 Å². The van der Waals surface area contributed by atoms with Gasteiger partial charge in [-0.05, 0) is 48.9 Å². The van der Waals surface area contributed by atoms with E-state index in [0.29, 0.717) is 22.6 Å². The Bertz CT molecular complexity index is 1220. The van der Waals surface area contributed by atoms with Gasteiger partial charge in [-0.25, -0.2) is 14.1 Å². The number of aryl methyl sites for hydroxylation is 1. The number of hydrogen-bond acceptors (Lipinski definition) is 4. The van der Waals surface area contributed by atoms with Crippen molar-refractivity contribution in [2.24, 2.45) is 0 Å². The van der Waals surface area contributed by atoms with E-state index in [1.807, 2.05) is 6.92 Å². The Labute approximate surface area is 183 Å². The van der Waals surface area contributed by atoms with Gasteiger partial charge in [0, 0.05) is 5.56 Å². The van der Waals surface area contributed by atoms with Crippen molar-refractivity contribution >= 4 is 29.6 Å². The summed E-state index contributed by atoms with van der Waals surface area (Å²) < 4.78 is 19.3. The van der Waals surface area contributed by atoms with Crippen molar-refractivity contribution in [2.75, 3.05) is 4.90 Å². The topological polar surface area (TPSA) is 75.7 Å². The summed E-state index contributed by atoms with van der Waals surface area (Å²) in [5.41, 5.74) is 2.19. The summed E-state index contributed by atoms with van der Waals surface area (Å²) in [4.78, 5) is 38.4. The SMILES string of the molecule is Cc1ccc(N2C(=O)NC(=O)/C(=C\c3ccc(OCc4ccccc4F)cc3)C2=O)cc1. The number of carbonyl (C=O) groups is 3.